The molecule has 28 heavy (non-hydrogen) atoms. The van der Waals surface area contributed by atoms with Crippen LogP contribution in [0, 0.1) is 10.1 Å². The van der Waals surface area contributed by atoms with Crippen molar-refractivity contribution in [3.8, 4) is 5.69 Å². The number of nitrogens with zero attached hydrogens (tertiary/aromatic N) is 6. The van der Waals surface area contributed by atoms with Crippen molar-refractivity contribution in [2.24, 2.45) is 0 Å². The molecule has 1 aromatic carbocycles. The van der Waals surface area contributed by atoms with Gasteiger partial charge >= 0.3 is 0 Å². The Morgan fingerprint density at radius 2 is 2.14 bits per heavy atom. The van der Waals surface area contributed by atoms with Crippen LogP contribution < -0.4 is 5.32 Å². The predicted molar refractivity (Wildman–Crippen MR) is 99.2 cm³/mol. The number of nitro groups is 1. The number of nitro benzene ring substituents is 1. The topological polar surface area (TPSA) is 120 Å². The summed E-state index contributed by atoms with van der Waals surface area (Å²) in [5, 5.41) is 18.0. The number of amides is 1. The standard InChI is InChI=1S/C18H15N7O3/c26-18(20-7-6-14-10-23-8-2-1-3-17(23)22-14)13-4-5-15(16(9-13)25(27)28)24-12-19-11-21-24/h1-5,8-12H,6-7H2,(H,20,26). The van der Waals surface area contributed by atoms with Gasteiger partial charge in [-0.1, -0.05) is 6.07 Å². The van der Waals surface area contributed by atoms with Crippen LogP contribution in [0.4, 0.5) is 5.69 Å². The number of pyridine rings is 1. The number of rotatable bonds is 6. The van der Waals surface area contributed by atoms with Crippen LogP contribution in [0.2, 0.25) is 0 Å². The third-order valence-electron chi connectivity index (χ3n) is 4.18. The van der Waals surface area contributed by atoms with Gasteiger partial charge in [-0.2, -0.15) is 5.10 Å². The number of hydrogen-bond acceptors (Lipinski definition) is 6. The summed E-state index contributed by atoms with van der Waals surface area (Å²) in [6.45, 7) is 0.362. The van der Waals surface area contributed by atoms with E-state index in [1.807, 2.05) is 35.0 Å². The predicted octanol–water partition coefficient (Wildman–Crippen LogP) is 1.80. The molecule has 1 N–H and O–H groups in total. The first-order valence-electron chi connectivity index (χ1n) is 8.46. The van der Waals surface area contributed by atoms with Gasteiger partial charge in [-0.3, -0.25) is 14.9 Å². The Kier molecular flexibility index (Phi) is 4.50. The Hall–Kier alpha value is -4.08. The maximum Gasteiger partial charge on any atom is 0.295 e. The van der Waals surface area contributed by atoms with Crippen LogP contribution in [0.25, 0.3) is 11.3 Å². The fourth-order valence-corrected chi connectivity index (χ4v) is 2.85. The first-order valence-corrected chi connectivity index (χ1v) is 8.46. The van der Waals surface area contributed by atoms with Gasteiger partial charge < -0.3 is 9.72 Å². The van der Waals surface area contributed by atoms with Gasteiger partial charge in [0.25, 0.3) is 11.6 Å². The Labute approximate surface area is 158 Å². The molecule has 3 aromatic heterocycles. The van der Waals surface area contributed by atoms with Gasteiger partial charge in [0.2, 0.25) is 0 Å². The van der Waals surface area contributed by atoms with Gasteiger partial charge in [-0.25, -0.2) is 14.6 Å². The number of fused-ring (bicyclic) bond motifs is 1. The van der Waals surface area contributed by atoms with E-state index < -0.39 is 10.8 Å². The van der Waals surface area contributed by atoms with Crippen molar-refractivity contribution >= 4 is 17.2 Å². The van der Waals surface area contributed by atoms with E-state index in [-0.39, 0.29) is 16.9 Å². The smallest absolute Gasteiger partial charge is 0.295 e. The Morgan fingerprint density at radius 3 is 2.89 bits per heavy atom. The molecule has 0 bridgehead atoms. The van der Waals surface area contributed by atoms with Crippen LogP contribution in [0.5, 0.6) is 0 Å². The molecule has 0 aliphatic carbocycles. The highest BCUT2D eigenvalue weighted by Crippen LogP contribution is 2.23. The van der Waals surface area contributed by atoms with E-state index in [1.54, 1.807) is 0 Å². The highest BCUT2D eigenvalue weighted by Gasteiger charge is 2.19. The molecule has 0 spiro atoms. The second-order valence-corrected chi connectivity index (χ2v) is 6.00. The van der Waals surface area contributed by atoms with E-state index in [1.165, 1.54) is 35.5 Å². The molecular formula is C18H15N7O3. The van der Waals surface area contributed by atoms with Crippen LogP contribution in [0.3, 0.4) is 0 Å². The van der Waals surface area contributed by atoms with Gasteiger partial charge in [-0.05, 0) is 24.3 Å². The zero-order valence-corrected chi connectivity index (χ0v) is 14.6. The van der Waals surface area contributed by atoms with E-state index in [0.29, 0.717) is 13.0 Å². The maximum atomic E-state index is 12.4. The summed E-state index contributed by atoms with van der Waals surface area (Å²) in [5.74, 6) is -0.392. The first-order chi connectivity index (χ1) is 13.6. The summed E-state index contributed by atoms with van der Waals surface area (Å²) in [7, 11) is 0. The highest BCUT2D eigenvalue weighted by molar-refractivity contribution is 5.95. The lowest BCUT2D eigenvalue weighted by molar-refractivity contribution is -0.384. The van der Waals surface area contributed by atoms with Crippen LogP contribution in [-0.2, 0) is 6.42 Å². The number of carbonyl (C=O) groups excluding carboxylic acids is 1. The third kappa shape index (κ3) is 3.43. The summed E-state index contributed by atoms with van der Waals surface area (Å²) < 4.78 is 3.19. The SMILES string of the molecule is O=C(NCCc1cn2ccccc2n1)c1ccc(-n2cncn2)c([N+](=O)[O-])c1. The average molecular weight is 377 g/mol. The minimum Gasteiger partial charge on any atom is -0.352 e. The Bertz CT molecular complexity index is 1120. The second-order valence-electron chi connectivity index (χ2n) is 6.00. The molecule has 0 saturated carbocycles. The highest BCUT2D eigenvalue weighted by atomic mass is 16.6. The second kappa shape index (κ2) is 7.27. The van der Waals surface area contributed by atoms with Crippen molar-refractivity contribution < 1.29 is 9.72 Å². The third-order valence-corrected chi connectivity index (χ3v) is 4.18. The molecule has 3 heterocycles. The molecule has 0 aliphatic heterocycles. The molecule has 0 atom stereocenters. The molecular weight excluding hydrogens is 362 g/mol. The van der Waals surface area contributed by atoms with Crippen molar-refractivity contribution in [3.05, 3.63) is 82.8 Å². The molecule has 1 amide bonds. The number of benzene rings is 1. The van der Waals surface area contributed by atoms with Gasteiger partial charge in [0.15, 0.2) is 0 Å². The Balaban J connectivity index is 1.45. The molecule has 140 valence electrons. The zero-order chi connectivity index (χ0) is 19.5. The number of nitrogens with one attached hydrogen (secondary N) is 1. The minimum absolute atomic E-state index is 0.200. The van der Waals surface area contributed by atoms with Crippen molar-refractivity contribution in [2.45, 2.75) is 6.42 Å². The molecule has 0 fully saturated rings. The molecule has 4 aromatic rings. The van der Waals surface area contributed by atoms with Crippen molar-refractivity contribution in [1.29, 1.82) is 0 Å². The lowest BCUT2D eigenvalue weighted by Gasteiger charge is -2.07. The van der Waals surface area contributed by atoms with E-state index in [2.05, 4.69) is 20.4 Å². The fourth-order valence-electron chi connectivity index (χ4n) is 2.85. The lowest BCUT2D eigenvalue weighted by Crippen LogP contribution is -2.26. The first kappa shape index (κ1) is 17.3. The summed E-state index contributed by atoms with van der Waals surface area (Å²) in [6, 6.07) is 9.95. The van der Waals surface area contributed by atoms with Crippen LogP contribution in [0.1, 0.15) is 16.1 Å². The molecule has 4 rings (SSSR count). The Morgan fingerprint density at radius 1 is 1.25 bits per heavy atom. The van der Waals surface area contributed by atoms with Gasteiger partial charge in [0.1, 0.15) is 24.0 Å². The average Bonchev–Trinajstić information content (AvgIpc) is 3.36. The number of hydrogen-bond donors (Lipinski definition) is 1. The van der Waals surface area contributed by atoms with Gasteiger partial charge in [-0.15, -0.1) is 0 Å². The molecule has 10 heteroatoms. The molecule has 0 aliphatic rings. The van der Waals surface area contributed by atoms with E-state index >= 15 is 0 Å². The fraction of sp³-hybridized carbons (Fsp3) is 0.111. The lowest BCUT2D eigenvalue weighted by atomic mass is 10.1. The van der Waals surface area contributed by atoms with Crippen molar-refractivity contribution in [2.75, 3.05) is 6.54 Å². The van der Waals surface area contributed by atoms with Crippen LogP contribution >= 0.6 is 0 Å². The normalized spacial score (nSPS) is 10.9. The zero-order valence-electron chi connectivity index (χ0n) is 14.6. The number of carbonyl (C=O) groups is 1. The van der Waals surface area contributed by atoms with Gasteiger partial charge in [0, 0.05) is 37.0 Å². The minimum atomic E-state index is -0.551. The molecule has 0 radical (unpaired) electrons. The quantitative estimate of drug-likeness (QED) is 0.404. The summed E-state index contributed by atoms with van der Waals surface area (Å²) >= 11 is 0. The summed E-state index contributed by atoms with van der Waals surface area (Å²) in [5.41, 5.74) is 1.90. The van der Waals surface area contributed by atoms with Crippen molar-refractivity contribution in [1.82, 2.24) is 29.5 Å². The van der Waals surface area contributed by atoms with E-state index in [9.17, 15) is 14.9 Å². The molecule has 0 saturated heterocycles. The largest absolute Gasteiger partial charge is 0.352 e. The summed E-state index contributed by atoms with van der Waals surface area (Å²) in [6.07, 6.45) is 6.99. The molecule has 10 nitrogen and oxygen atoms in total. The molecule has 0 unspecified atom stereocenters. The van der Waals surface area contributed by atoms with Gasteiger partial charge in [0.05, 0.1) is 10.6 Å². The van der Waals surface area contributed by atoms with Crippen LogP contribution in [0.15, 0.2) is 61.4 Å². The number of imidazole rings is 1. The van der Waals surface area contributed by atoms with Crippen molar-refractivity contribution in [3.63, 3.8) is 0 Å². The van der Waals surface area contributed by atoms with E-state index in [0.717, 1.165) is 11.3 Å². The maximum absolute atomic E-state index is 12.4. The van der Waals surface area contributed by atoms with Crippen LogP contribution in [-0.4, -0.2) is 41.5 Å². The monoisotopic (exact) mass is 377 g/mol. The number of aromatic nitrogens is 5. The van der Waals surface area contributed by atoms with E-state index in [4.69, 9.17) is 0 Å². The summed E-state index contributed by atoms with van der Waals surface area (Å²) in [4.78, 5) is 31.5.